The zero-order chi connectivity index (χ0) is 16.4. The Kier molecular flexibility index (Phi) is 4.32. The van der Waals surface area contributed by atoms with Crippen LogP contribution in [0.15, 0.2) is 72.8 Å². The zero-order valence-electron chi connectivity index (χ0n) is 13.8. The van der Waals surface area contributed by atoms with E-state index in [1.165, 1.54) is 0 Å². The number of hydrogen-bond acceptors (Lipinski definition) is 1. The summed E-state index contributed by atoms with van der Waals surface area (Å²) in [6, 6.07) is 24.3. The first-order valence-electron chi connectivity index (χ1n) is 7.84. The molecule has 0 N–H and O–H groups in total. The van der Waals surface area contributed by atoms with Crippen molar-refractivity contribution in [1.29, 1.82) is 0 Å². The summed E-state index contributed by atoms with van der Waals surface area (Å²) in [4.78, 5) is 0. The van der Waals surface area contributed by atoms with E-state index in [1.54, 1.807) is 0 Å². The number of benzene rings is 3. The summed E-state index contributed by atoms with van der Waals surface area (Å²) in [7, 11) is 0. The Morgan fingerprint density at radius 2 is 0.783 bits per heavy atom. The van der Waals surface area contributed by atoms with Crippen LogP contribution in [0.25, 0.3) is 0 Å². The molecule has 0 fully saturated rings. The third-order valence-corrected chi connectivity index (χ3v) is 11.8. The molecule has 0 spiro atoms. The molecule has 1 nitrogen and oxygen atoms in total. The van der Waals surface area contributed by atoms with Gasteiger partial charge in [0.15, 0.2) is 0 Å². The van der Waals surface area contributed by atoms with Crippen molar-refractivity contribution in [2.75, 3.05) is 0 Å². The summed E-state index contributed by atoms with van der Waals surface area (Å²) in [6.07, 6.45) is 0. The Morgan fingerprint density at radius 1 is 0.522 bits per heavy atom. The first-order valence-corrected chi connectivity index (χ1v) is 11.4. The number of aryl methyl sites for hydroxylation is 3. The molecule has 0 aromatic heterocycles. The number of hydrogen-bond donors (Lipinski definition) is 0. The van der Waals surface area contributed by atoms with Gasteiger partial charge in [-0.3, -0.25) is 0 Å². The monoisotopic (exact) mass is 364 g/mol. The second kappa shape index (κ2) is 6.26. The fraction of sp³-hybridized carbons (Fsp3) is 0.143. The van der Waals surface area contributed by atoms with E-state index < -0.39 is 13.5 Å². The van der Waals surface area contributed by atoms with Gasteiger partial charge in [0.1, 0.15) is 0 Å². The van der Waals surface area contributed by atoms with Crippen LogP contribution in [-0.4, -0.2) is 13.5 Å². The summed E-state index contributed by atoms with van der Waals surface area (Å²) in [5.74, 6) is 0. The van der Waals surface area contributed by atoms with E-state index in [0.29, 0.717) is 0 Å². The number of rotatable bonds is 3. The molecule has 0 saturated heterocycles. The Bertz CT molecular complexity index is 778. The Labute approximate surface area is 140 Å². The molecule has 3 aromatic rings. The summed E-state index contributed by atoms with van der Waals surface area (Å²) >= 11 is -3.70. The van der Waals surface area contributed by atoms with Gasteiger partial charge in [0, 0.05) is 0 Å². The van der Waals surface area contributed by atoms with Crippen LogP contribution in [0.3, 0.4) is 0 Å². The van der Waals surface area contributed by atoms with Crippen LogP contribution in [0, 0.1) is 20.8 Å². The van der Waals surface area contributed by atoms with Crippen molar-refractivity contribution >= 4 is 26.5 Å². The molecule has 0 unspecified atom stereocenters. The molecule has 0 aliphatic carbocycles. The topological polar surface area (TPSA) is 17.1 Å². The van der Waals surface area contributed by atoms with E-state index in [0.717, 1.165) is 29.7 Å². The van der Waals surface area contributed by atoms with Gasteiger partial charge in [-0.25, -0.2) is 0 Å². The maximum absolute atomic E-state index is 14.5. The summed E-state index contributed by atoms with van der Waals surface area (Å²) < 4.78 is 17.5. The zero-order valence-corrected chi connectivity index (χ0v) is 15.7. The molecule has 0 atom stereocenters. The van der Waals surface area contributed by atoms with Crippen LogP contribution in [0.1, 0.15) is 16.7 Å². The third kappa shape index (κ3) is 2.70. The minimum atomic E-state index is -3.70. The molecular formula is C21H21AsO. The van der Waals surface area contributed by atoms with Crippen molar-refractivity contribution in [2.24, 2.45) is 0 Å². The molecule has 0 bridgehead atoms. The van der Waals surface area contributed by atoms with Gasteiger partial charge >= 0.3 is 141 Å². The van der Waals surface area contributed by atoms with E-state index in [1.807, 2.05) is 54.6 Å². The van der Waals surface area contributed by atoms with Crippen LogP contribution >= 0.6 is 0 Å². The molecule has 3 aromatic carbocycles. The summed E-state index contributed by atoms with van der Waals surface area (Å²) in [6.45, 7) is 6.17. The van der Waals surface area contributed by atoms with Crippen molar-refractivity contribution in [3.8, 4) is 0 Å². The maximum atomic E-state index is 14.5. The second-order valence-corrected chi connectivity index (χ2v) is 11.6. The molecule has 2 heteroatoms. The molecule has 0 aliphatic heterocycles. The first-order chi connectivity index (χ1) is 11.0. The van der Waals surface area contributed by atoms with Crippen molar-refractivity contribution in [3.63, 3.8) is 0 Å². The van der Waals surface area contributed by atoms with Crippen LogP contribution in [0.4, 0.5) is 0 Å². The molecule has 23 heavy (non-hydrogen) atoms. The van der Waals surface area contributed by atoms with Crippen molar-refractivity contribution < 1.29 is 3.74 Å². The van der Waals surface area contributed by atoms with Gasteiger partial charge in [0.25, 0.3) is 0 Å². The van der Waals surface area contributed by atoms with Gasteiger partial charge in [-0.05, 0) is 0 Å². The second-order valence-electron chi connectivity index (χ2n) is 5.97. The fourth-order valence-electron chi connectivity index (χ4n) is 3.14. The van der Waals surface area contributed by atoms with Gasteiger partial charge in [0.05, 0.1) is 0 Å². The van der Waals surface area contributed by atoms with Crippen LogP contribution < -0.4 is 13.1 Å². The third-order valence-electron chi connectivity index (χ3n) is 4.36. The molecule has 0 aliphatic rings. The summed E-state index contributed by atoms with van der Waals surface area (Å²) in [5.41, 5.74) is 3.30. The molecule has 0 saturated carbocycles. The van der Waals surface area contributed by atoms with Gasteiger partial charge in [-0.15, -0.1) is 0 Å². The predicted molar refractivity (Wildman–Crippen MR) is 98.9 cm³/mol. The standard InChI is InChI=1S/C21H21AsO/c1-16-10-4-7-13-19(16)22(23,20-14-8-5-11-17(20)2)21-15-9-6-12-18(21)3/h4-15H,1-3H3. The molecule has 116 valence electrons. The van der Waals surface area contributed by atoms with Crippen LogP contribution in [0.2, 0.25) is 0 Å². The van der Waals surface area contributed by atoms with E-state index in [4.69, 9.17) is 0 Å². The average Bonchev–Trinajstić information content (AvgIpc) is 2.55. The van der Waals surface area contributed by atoms with E-state index in [-0.39, 0.29) is 0 Å². The SMILES string of the molecule is Cc1ccccc1[As](=O)(c1ccccc1C)c1ccccc1C. The normalized spacial score (nSPS) is 11.4. The van der Waals surface area contributed by atoms with Crippen molar-refractivity contribution in [1.82, 2.24) is 0 Å². The average molecular weight is 364 g/mol. The molecule has 0 radical (unpaired) electrons. The van der Waals surface area contributed by atoms with Gasteiger partial charge in [0.2, 0.25) is 0 Å². The molecule has 0 heterocycles. The minimum absolute atomic E-state index is 0.995. The predicted octanol–water partition coefficient (Wildman–Crippen LogP) is 3.01. The van der Waals surface area contributed by atoms with Crippen molar-refractivity contribution in [2.45, 2.75) is 20.8 Å². The first kappa shape index (κ1) is 15.9. The van der Waals surface area contributed by atoms with E-state index in [9.17, 15) is 3.74 Å². The fourth-order valence-corrected chi connectivity index (χ4v) is 10.2. The van der Waals surface area contributed by atoms with E-state index >= 15 is 0 Å². The van der Waals surface area contributed by atoms with Crippen LogP contribution in [0.5, 0.6) is 0 Å². The quantitative estimate of drug-likeness (QED) is 0.653. The van der Waals surface area contributed by atoms with E-state index in [2.05, 4.69) is 39.0 Å². The van der Waals surface area contributed by atoms with Crippen molar-refractivity contribution in [3.05, 3.63) is 89.5 Å². The Hall–Kier alpha value is -1.98. The Morgan fingerprint density at radius 3 is 1.04 bits per heavy atom. The van der Waals surface area contributed by atoms with Gasteiger partial charge in [-0.2, -0.15) is 0 Å². The molecular weight excluding hydrogens is 343 g/mol. The van der Waals surface area contributed by atoms with Gasteiger partial charge < -0.3 is 0 Å². The van der Waals surface area contributed by atoms with Gasteiger partial charge in [-0.1, -0.05) is 0 Å². The van der Waals surface area contributed by atoms with Crippen LogP contribution in [-0.2, 0) is 3.74 Å². The molecule has 0 amide bonds. The Balaban J connectivity index is 2.41. The molecule has 3 rings (SSSR count). The summed E-state index contributed by atoms with van der Waals surface area (Å²) in [5, 5.41) is 0.